The molecule has 3 aromatic rings. The van der Waals surface area contributed by atoms with E-state index in [2.05, 4.69) is 20.0 Å². The van der Waals surface area contributed by atoms with E-state index in [4.69, 9.17) is 5.73 Å². The van der Waals surface area contributed by atoms with E-state index in [1.54, 1.807) is 30.3 Å². The van der Waals surface area contributed by atoms with Gasteiger partial charge in [0.1, 0.15) is 16.8 Å². The van der Waals surface area contributed by atoms with E-state index in [9.17, 15) is 13.2 Å². The monoisotopic (exact) mass is 455 g/mol. The van der Waals surface area contributed by atoms with E-state index >= 15 is 4.39 Å². The van der Waals surface area contributed by atoms with Crippen molar-refractivity contribution in [2.75, 3.05) is 12.3 Å². The van der Waals surface area contributed by atoms with Gasteiger partial charge in [-0.25, -0.2) is 17.8 Å². The van der Waals surface area contributed by atoms with Gasteiger partial charge in [-0.15, -0.1) is 0 Å². The summed E-state index contributed by atoms with van der Waals surface area (Å²) in [6.07, 6.45) is 4.29. The summed E-state index contributed by atoms with van der Waals surface area (Å²) in [6.45, 7) is 0.478. The highest BCUT2D eigenvalue weighted by Crippen LogP contribution is 2.35. The molecule has 32 heavy (non-hydrogen) atoms. The summed E-state index contributed by atoms with van der Waals surface area (Å²) in [7, 11) is -4.42. The van der Waals surface area contributed by atoms with Crippen LogP contribution in [0, 0.1) is 5.82 Å². The second-order valence-corrected chi connectivity index (χ2v) is 9.11. The number of rotatable bonds is 5. The zero-order chi connectivity index (χ0) is 22.7. The maximum Gasteiger partial charge on any atom is 0.244 e. The fraction of sp³-hybridized carbons (Fsp3) is 0.227. The van der Waals surface area contributed by atoms with Crippen molar-refractivity contribution < 1.29 is 17.6 Å². The molecule has 1 saturated heterocycles. The van der Waals surface area contributed by atoms with Crippen LogP contribution >= 0.6 is 0 Å². The Labute approximate surface area is 185 Å². The number of hydrogen-bond donors (Lipinski definition) is 3. The maximum atomic E-state index is 15.8. The molecule has 2 aromatic carbocycles. The van der Waals surface area contributed by atoms with E-state index in [0.717, 1.165) is 6.42 Å². The molecule has 2 heterocycles. The minimum atomic E-state index is -4.42. The number of sulfonamides is 1. The van der Waals surface area contributed by atoms with Crippen molar-refractivity contribution in [3.63, 3.8) is 0 Å². The van der Waals surface area contributed by atoms with Gasteiger partial charge in [-0.1, -0.05) is 36.4 Å². The fourth-order valence-electron chi connectivity index (χ4n) is 3.64. The van der Waals surface area contributed by atoms with Crippen LogP contribution in [0.2, 0.25) is 0 Å². The highest BCUT2D eigenvalue weighted by molar-refractivity contribution is 7.89. The number of anilines is 1. The molecule has 0 unspecified atom stereocenters. The molecule has 1 fully saturated rings. The molecule has 0 aliphatic carbocycles. The van der Waals surface area contributed by atoms with Crippen molar-refractivity contribution in [3.05, 3.63) is 60.7 Å². The first-order chi connectivity index (χ1) is 15.4. The first kappa shape index (κ1) is 21.8. The van der Waals surface area contributed by atoms with Gasteiger partial charge in [0.25, 0.3) is 0 Å². The summed E-state index contributed by atoms with van der Waals surface area (Å²) < 4.78 is 45.1. The molecule has 0 radical (unpaired) electrons. The SMILES string of the molecule is Nc1cnc(-c2ccc(-c3ccccc3)c(S(=O)(=O)N[C@H]3CCCCNC3=O)c2F)cn1. The van der Waals surface area contributed by atoms with Gasteiger partial charge in [-0.2, -0.15) is 4.72 Å². The highest BCUT2D eigenvalue weighted by Gasteiger charge is 2.32. The van der Waals surface area contributed by atoms with Crippen molar-refractivity contribution in [2.24, 2.45) is 0 Å². The molecule has 1 amide bonds. The summed E-state index contributed by atoms with van der Waals surface area (Å²) in [4.78, 5) is 19.8. The van der Waals surface area contributed by atoms with E-state index in [0.29, 0.717) is 24.9 Å². The molecule has 4 N–H and O–H groups in total. The zero-order valence-electron chi connectivity index (χ0n) is 17.1. The summed E-state index contributed by atoms with van der Waals surface area (Å²) in [5.74, 6) is -1.25. The van der Waals surface area contributed by atoms with Crippen molar-refractivity contribution in [2.45, 2.75) is 30.2 Å². The summed E-state index contributed by atoms with van der Waals surface area (Å²) in [5, 5.41) is 2.68. The quantitative estimate of drug-likeness (QED) is 0.542. The van der Waals surface area contributed by atoms with E-state index < -0.39 is 32.7 Å². The summed E-state index contributed by atoms with van der Waals surface area (Å²) >= 11 is 0. The molecule has 1 aliphatic heterocycles. The maximum absolute atomic E-state index is 15.8. The number of nitrogens with one attached hydrogen (secondary N) is 2. The topological polar surface area (TPSA) is 127 Å². The van der Waals surface area contributed by atoms with Crippen LogP contribution in [0.3, 0.4) is 0 Å². The molecule has 1 aliphatic rings. The zero-order valence-corrected chi connectivity index (χ0v) is 17.9. The van der Waals surface area contributed by atoms with Crippen LogP contribution in [0.25, 0.3) is 22.4 Å². The Morgan fingerprint density at radius 1 is 1.03 bits per heavy atom. The largest absolute Gasteiger partial charge is 0.382 e. The first-order valence-electron chi connectivity index (χ1n) is 10.1. The molecular weight excluding hydrogens is 433 g/mol. The smallest absolute Gasteiger partial charge is 0.244 e. The second kappa shape index (κ2) is 9.01. The Bertz CT molecular complexity index is 1230. The first-order valence-corrected chi connectivity index (χ1v) is 11.6. The van der Waals surface area contributed by atoms with E-state index in [1.165, 1.54) is 24.5 Å². The van der Waals surface area contributed by atoms with Gasteiger partial charge >= 0.3 is 0 Å². The van der Waals surface area contributed by atoms with Crippen LogP contribution in [-0.2, 0) is 14.8 Å². The number of carbonyl (C=O) groups is 1. The molecule has 0 saturated carbocycles. The van der Waals surface area contributed by atoms with Crippen molar-refractivity contribution in [3.8, 4) is 22.4 Å². The molecular formula is C22H22FN5O3S. The second-order valence-electron chi connectivity index (χ2n) is 7.46. The minimum absolute atomic E-state index is 0.0390. The fourth-order valence-corrected chi connectivity index (χ4v) is 5.18. The van der Waals surface area contributed by atoms with Crippen LogP contribution < -0.4 is 15.8 Å². The predicted molar refractivity (Wildman–Crippen MR) is 118 cm³/mol. The lowest BCUT2D eigenvalue weighted by Crippen LogP contribution is -2.45. The lowest BCUT2D eigenvalue weighted by atomic mass is 10.0. The Kier molecular flexibility index (Phi) is 6.15. The number of hydrogen-bond acceptors (Lipinski definition) is 6. The van der Waals surface area contributed by atoms with Crippen LogP contribution in [0.15, 0.2) is 59.8 Å². The molecule has 166 valence electrons. The third-order valence-corrected chi connectivity index (χ3v) is 6.76. The van der Waals surface area contributed by atoms with Gasteiger partial charge in [0, 0.05) is 17.7 Å². The minimum Gasteiger partial charge on any atom is -0.382 e. The number of aromatic nitrogens is 2. The number of amides is 1. The average molecular weight is 456 g/mol. The van der Waals surface area contributed by atoms with Gasteiger partial charge in [-0.05, 0) is 30.9 Å². The standard InChI is InChI=1S/C22H22FN5O3S/c23-20-16(18-12-27-19(24)13-26-18)10-9-15(14-6-2-1-3-7-14)21(20)32(30,31)28-17-8-4-5-11-25-22(17)29/h1-3,6-7,9-10,12-13,17,28H,4-5,8,11H2,(H2,24,27)(H,25,29)/t17-/m0/s1. The third kappa shape index (κ3) is 4.46. The molecule has 1 aromatic heterocycles. The number of carbonyl (C=O) groups excluding carboxylic acids is 1. The molecule has 4 rings (SSSR count). The summed E-state index contributed by atoms with van der Waals surface area (Å²) in [5.41, 5.74) is 6.36. The Morgan fingerprint density at radius 2 is 1.78 bits per heavy atom. The van der Waals surface area contributed by atoms with Gasteiger partial charge in [0.2, 0.25) is 15.9 Å². The average Bonchev–Trinajstić information content (AvgIpc) is 2.98. The van der Waals surface area contributed by atoms with Gasteiger partial charge in [0.05, 0.1) is 18.1 Å². The van der Waals surface area contributed by atoms with Crippen LogP contribution in [0.1, 0.15) is 19.3 Å². The van der Waals surface area contributed by atoms with Crippen LogP contribution in [0.4, 0.5) is 10.2 Å². The Balaban J connectivity index is 1.86. The van der Waals surface area contributed by atoms with Gasteiger partial charge in [0.15, 0.2) is 5.82 Å². The normalized spacial score (nSPS) is 16.9. The number of halogens is 1. The van der Waals surface area contributed by atoms with Crippen LogP contribution in [-0.4, -0.2) is 36.9 Å². The van der Waals surface area contributed by atoms with Crippen molar-refractivity contribution in [1.82, 2.24) is 20.0 Å². The molecule has 10 heteroatoms. The number of nitrogens with two attached hydrogens (primary N) is 1. The molecule has 1 atom stereocenters. The third-order valence-electron chi connectivity index (χ3n) is 5.23. The lowest BCUT2D eigenvalue weighted by molar-refractivity contribution is -0.122. The van der Waals surface area contributed by atoms with E-state index in [1.807, 2.05) is 0 Å². The highest BCUT2D eigenvalue weighted by atomic mass is 32.2. The molecule has 8 nitrogen and oxygen atoms in total. The number of nitrogen functional groups attached to an aromatic ring is 1. The van der Waals surface area contributed by atoms with Gasteiger partial charge in [-0.3, -0.25) is 9.78 Å². The number of benzene rings is 2. The summed E-state index contributed by atoms with van der Waals surface area (Å²) in [6, 6.07) is 10.6. The van der Waals surface area contributed by atoms with E-state index in [-0.39, 0.29) is 22.6 Å². The van der Waals surface area contributed by atoms with Gasteiger partial charge < -0.3 is 11.1 Å². The van der Waals surface area contributed by atoms with Crippen LogP contribution in [0.5, 0.6) is 0 Å². The molecule has 0 bridgehead atoms. The number of nitrogens with zero attached hydrogens (tertiary/aromatic N) is 2. The molecule has 0 spiro atoms. The van der Waals surface area contributed by atoms with Crippen molar-refractivity contribution >= 4 is 21.7 Å². The Hall–Kier alpha value is -3.37. The lowest BCUT2D eigenvalue weighted by Gasteiger charge is -2.19. The predicted octanol–water partition coefficient (Wildman–Crippen LogP) is 2.48. The van der Waals surface area contributed by atoms with Crippen molar-refractivity contribution in [1.29, 1.82) is 0 Å². The Morgan fingerprint density at radius 3 is 2.50 bits per heavy atom.